The van der Waals surface area contributed by atoms with E-state index in [9.17, 15) is 0 Å². The van der Waals surface area contributed by atoms with Crippen LogP contribution in [0.3, 0.4) is 0 Å². The lowest BCUT2D eigenvalue weighted by Crippen LogP contribution is -2.46. The van der Waals surface area contributed by atoms with Crippen LogP contribution in [0.15, 0.2) is 16.7 Å². The van der Waals surface area contributed by atoms with Crippen molar-refractivity contribution in [3.8, 4) is 0 Å². The molecule has 3 rings (SSSR count). The first kappa shape index (κ1) is 8.50. The fourth-order valence-electron chi connectivity index (χ4n) is 2.62. The topological polar surface area (TPSA) is 34.4 Å². The van der Waals surface area contributed by atoms with Crippen LogP contribution < -0.4 is 5.32 Å². The summed E-state index contributed by atoms with van der Waals surface area (Å²) in [6.45, 7) is 3.72. The van der Waals surface area contributed by atoms with Gasteiger partial charge in [0.25, 0.3) is 0 Å². The fourth-order valence-corrected chi connectivity index (χ4v) is 2.62. The fraction of sp³-hybridized carbons (Fsp3) is 0.636. The molecule has 3 nitrogen and oxygen atoms in total. The van der Waals surface area contributed by atoms with E-state index in [2.05, 4.69) is 11.4 Å². The zero-order valence-corrected chi connectivity index (χ0v) is 8.21. The molecule has 76 valence electrons. The number of hydrogen-bond donors (Lipinski definition) is 1. The Kier molecular flexibility index (Phi) is 1.89. The Morgan fingerprint density at radius 3 is 3.00 bits per heavy atom. The van der Waals surface area contributed by atoms with Crippen LogP contribution >= 0.6 is 0 Å². The molecule has 14 heavy (non-hydrogen) atoms. The second-order valence-corrected chi connectivity index (χ2v) is 4.27. The number of hydrogen-bond acceptors (Lipinski definition) is 3. The zero-order chi connectivity index (χ0) is 9.43. The van der Waals surface area contributed by atoms with Gasteiger partial charge in [-0.25, -0.2) is 0 Å². The molecular formula is C11H15NO2. The summed E-state index contributed by atoms with van der Waals surface area (Å²) in [5, 5.41) is 3.47. The molecule has 2 aliphatic rings. The van der Waals surface area contributed by atoms with E-state index < -0.39 is 0 Å². The maximum atomic E-state index is 5.65. The van der Waals surface area contributed by atoms with Crippen LogP contribution in [-0.2, 0) is 16.7 Å². The molecule has 1 N–H and O–H groups in total. The molecule has 0 bridgehead atoms. The highest BCUT2D eigenvalue weighted by Crippen LogP contribution is 2.38. The van der Waals surface area contributed by atoms with Crippen molar-refractivity contribution in [3.63, 3.8) is 0 Å². The summed E-state index contributed by atoms with van der Waals surface area (Å²) < 4.78 is 11.1. The molecule has 1 aromatic heterocycles. The largest absolute Gasteiger partial charge is 0.468 e. The number of furan rings is 1. The quantitative estimate of drug-likeness (QED) is 0.677. The maximum absolute atomic E-state index is 5.65. The van der Waals surface area contributed by atoms with Crippen LogP contribution in [0.5, 0.6) is 0 Å². The van der Waals surface area contributed by atoms with E-state index in [4.69, 9.17) is 9.15 Å². The van der Waals surface area contributed by atoms with Crippen molar-refractivity contribution in [3.05, 3.63) is 23.7 Å². The summed E-state index contributed by atoms with van der Waals surface area (Å²) in [6.07, 6.45) is 3.98. The van der Waals surface area contributed by atoms with E-state index in [-0.39, 0.29) is 5.41 Å². The van der Waals surface area contributed by atoms with Crippen molar-refractivity contribution >= 4 is 0 Å². The molecule has 0 radical (unpaired) electrons. The standard InChI is InChI=1S/C11H15NO2/c1-4-14-10-9(1)7-12-8-11(10)2-5-13-6-3-11/h1,4,12H,2-3,5-8H2. The van der Waals surface area contributed by atoms with Gasteiger partial charge in [0.15, 0.2) is 0 Å². The smallest absolute Gasteiger partial charge is 0.115 e. The average molecular weight is 193 g/mol. The van der Waals surface area contributed by atoms with Crippen molar-refractivity contribution in [1.29, 1.82) is 0 Å². The van der Waals surface area contributed by atoms with E-state index in [1.54, 1.807) is 0 Å². The molecule has 0 saturated carbocycles. The summed E-state index contributed by atoms with van der Waals surface area (Å²) in [4.78, 5) is 0. The second-order valence-electron chi connectivity index (χ2n) is 4.27. The minimum atomic E-state index is 0.218. The zero-order valence-electron chi connectivity index (χ0n) is 8.21. The molecule has 0 aromatic carbocycles. The second kappa shape index (κ2) is 3.11. The van der Waals surface area contributed by atoms with Crippen molar-refractivity contribution in [2.45, 2.75) is 24.8 Å². The summed E-state index contributed by atoms with van der Waals surface area (Å²) in [6, 6.07) is 2.08. The Labute approximate surface area is 83.4 Å². The predicted molar refractivity (Wildman–Crippen MR) is 52.1 cm³/mol. The van der Waals surface area contributed by atoms with Crippen molar-refractivity contribution < 1.29 is 9.15 Å². The van der Waals surface area contributed by atoms with Crippen LogP contribution in [0.4, 0.5) is 0 Å². The van der Waals surface area contributed by atoms with Gasteiger partial charge in [-0.05, 0) is 18.9 Å². The third-order valence-corrected chi connectivity index (χ3v) is 3.46. The molecule has 0 amide bonds. The van der Waals surface area contributed by atoms with E-state index in [0.29, 0.717) is 0 Å². The normalized spacial score (nSPS) is 24.9. The lowest BCUT2D eigenvalue weighted by atomic mass is 9.75. The predicted octanol–water partition coefficient (Wildman–Crippen LogP) is 1.43. The summed E-state index contributed by atoms with van der Waals surface area (Å²) in [7, 11) is 0. The minimum absolute atomic E-state index is 0.218. The van der Waals surface area contributed by atoms with Crippen LogP contribution in [0.2, 0.25) is 0 Å². The van der Waals surface area contributed by atoms with Gasteiger partial charge in [-0.15, -0.1) is 0 Å². The number of rotatable bonds is 0. The molecule has 3 heterocycles. The van der Waals surface area contributed by atoms with Gasteiger partial charge in [0.1, 0.15) is 5.76 Å². The summed E-state index contributed by atoms with van der Waals surface area (Å²) in [5.41, 5.74) is 1.55. The Hall–Kier alpha value is -0.800. The monoisotopic (exact) mass is 193 g/mol. The van der Waals surface area contributed by atoms with E-state index in [1.807, 2.05) is 6.26 Å². The molecule has 1 spiro atoms. The van der Waals surface area contributed by atoms with Crippen molar-refractivity contribution in [1.82, 2.24) is 5.32 Å². The first-order chi connectivity index (χ1) is 6.91. The van der Waals surface area contributed by atoms with Gasteiger partial charge in [-0.1, -0.05) is 0 Å². The van der Waals surface area contributed by atoms with Crippen LogP contribution in [0, 0.1) is 0 Å². The van der Waals surface area contributed by atoms with Crippen LogP contribution in [0.25, 0.3) is 0 Å². The van der Waals surface area contributed by atoms with Crippen LogP contribution in [-0.4, -0.2) is 19.8 Å². The highest BCUT2D eigenvalue weighted by atomic mass is 16.5. The van der Waals surface area contributed by atoms with E-state index >= 15 is 0 Å². The van der Waals surface area contributed by atoms with Gasteiger partial charge >= 0.3 is 0 Å². The Morgan fingerprint density at radius 1 is 1.29 bits per heavy atom. The number of nitrogens with one attached hydrogen (secondary N) is 1. The molecule has 2 aliphatic heterocycles. The minimum Gasteiger partial charge on any atom is -0.468 e. The first-order valence-corrected chi connectivity index (χ1v) is 5.26. The Morgan fingerprint density at radius 2 is 2.14 bits per heavy atom. The maximum Gasteiger partial charge on any atom is 0.115 e. The SMILES string of the molecule is c1cc2c(o1)C1(CCOCC1)CNC2. The summed E-state index contributed by atoms with van der Waals surface area (Å²) in [5.74, 6) is 1.21. The lowest BCUT2D eigenvalue weighted by Gasteiger charge is -2.39. The van der Waals surface area contributed by atoms with Gasteiger partial charge in [0.2, 0.25) is 0 Å². The van der Waals surface area contributed by atoms with Crippen molar-refractivity contribution in [2.24, 2.45) is 0 Å². The van der Waals surface area contributed by atoms with Gasteiger partial charge < -0.3 is 14.5 Å². The first-order valence-electron chi connectivity index (χ1n) is 5.26. The van der Waals surface area contributed by atoms with Gasteiger partial charge in [0, 0.05) is 37.3 Å². The summed E-state index contributed by atoms with van der Waals surface area (Å²) >= 11 is 0. The highest BCUT2D eigenvalue weighted by Gasteiger charge is 2.40. The van der Waals surface area contributed by atoms with Gasteiger partial charge in [0.05, 0.1) is 6.26 Å². The molecular weight excluding hydrogens is 178 g/mol. The lowest BCUT2D eigenvalue weighted by molar-refractivity contribution is 0.0385. The average Bonchev–Trinajstić information content (AvgIpc) is 2.69. The highest BCUT2D eigenvalue weighted by molar-refractivity contribution is 5.29. The number of ether oxygens (including phenoxy) is 1. The molecule has 1 fully saturated rings. The van der Waals surface area contributed by atoms with E-state index in [0.717, 1.165) is 39.1 Å². The van der Waals surface area contributed by atoms with Crippen LogP contribution in [0.1, 0.15) is 24.2 Å². The molecule has 0 aliphatic carbocycles. The molecule has 3 heteroatoms. The third-order valence-electron chi connectivity index (χ3n) is 3.46. The molecule has 1 aromatic rings. The Balaban J connectivity index is 2.01. The van der Waals surface area contributed by atoms with Gasteiger partial charge in [-0.3, -0.25) is 0 Å². The molecule has 0 unspecified atom stereocenters. The van der Waals surface area contributed by atoms with Gasteiger partial charge in [-0.2, -0.15) is 0 Å². The third kappa shape index (κ3) is 1.12. The van der Waals surface area contributed by atoms with E-state index in [1.165, 1.54) is 11.3 Å². The van der Waals surface area contributed by atoms with Crippen molar-refractivity contribution in [2.75, 3.05) is 19.8 Å². The molecule has 0 atom stereocenters. The molecule has 1 saturated heterocycles. The number of fused-ring (bicyclic) bond motifs is 2. The Bertz CT molecular complexity index is 326.